The number of rotatable bonds is 31. The monoisotopic (exact) mass is 1940 g/mol. The molecule has 13 aromatic rings. The number of nitrogens with one attached hydrogen (secondary N) is 4. The second kappa shape index (κ2) is 42.8. The van der Waals surface area contributed by atoms with E-state index in [1.54, 1.807) is 36.4 Å². The molecule has 1 fully saturated rings. The summed E-state index contributed by atoms with van der Waals surface area (Å²) in [5.74, 6) is 0.395. The van der Waals surface area contributed by atoms with E-state index >= 15 is 0 Å². The lowest BCUT2D eigenvalue weighted by molar-refractivity contribution is 0.0975. The summed E-state index contributed by atoms with van der Waals surface area (Å²) < 4.78 is 132. The largest absolute Gasteiger partial charge is 0.494 e. The molecule has 0 unspecified atom stereocenters. The van der Waals surface area contributed by atoms with Crippen LogP contribution in [0.1, 0.15) is 150 Å². The van der Waals surface area contributed by atoms with Crippen LogP contribution >= 0.6 is 103 Å². The van der Waals surface area contributed by atoms with Gasteiger partial charge in [-0.3, -0.25) is 19.2 Å². The molecule has 0 radical (unpaired) electrons. The molecule has 4 N–H and O–H groups in total. The first-order chi connectivity index (χ1) is 59.2. The van der Waals surface area contributed by atoms with Gasteiger partial charge in [-0.1, -0.05) is 149 Å². The first-order valence-electron chi connectivity index (χ1n) is 39.7. The normalized spacial score (nSPS) is 12.2. The average Bonchev–Trinajstić information content (AvgIpc) is 1.64. The summed E-state index contributed by atoms with van der Waals surface area (Å²) in [6.07, 6.45) is 8.12. The van der Waals surface area contributed by atoms with Gasteiger partial charge in [-0.05, 0) is 287 Å². The third-order valence-electron chi connectivity index (χ3n) is 19.9. The predicted molar refractivity (Wildman–Crippen MR) is 512 cm³/mol. The number of halogens is 5. The van der Waals surface area contributed by atoms with Gasteiger partial charge in [0.2, 0.25) is 40.1 Å². The topological polar surface area (TPSA) is 290 Å². The van der Waals surface area contributed by atoms with Gasteiger partial charge in [-0.15, -0.1) is 45.3 Å². The number of carbonyl (C=O) groups excluding carboxylic acids is 4. The van der Waals surface area contributed by atoms with Crippen LogP contribution in [0.3, 0.4) is 0 Å². The number of hydrogen-bond donors (Lipinski definition) is 4. The average molecular weight is 1940 g/mol. The molecular weight excluding hydrogens is 1850 g/mol. The van der Waals surface area contributed by atoms with Crippen molar-refractivity contribution in [3.05, 3.63) is 287 Å². The van der Waals surface area contributed by atoms with Crippen LogP contribution in [0, 0.1) is 55.4 Å². The van der Waals surface area contributed by atoms with Crippen LogP contribution in [0.25, 0.3) is 40.3 Å². The van der Waals surface area contributed by atoms with Crippen molar-refractivity contribution in [3.63, 3.8) is 0 Å². The summed E-state index contributed by atoms with van der Waals surface area (Å²) in [4.78, 5) is 52.6. The van der Waals surface area contributed by atoms with Gasteiger partial charge in [0.1, 0.15) is 23.0 Å². The molecule has 9 aromatic carbocycles. The summed E-state index contributed by atoms with van der Waals surface area (Å²) in [5.41, 5.74) is 11.6. The van der Waals surface area contributed by atoms with Crippen molar-refractivity contribution in [2.75, 3.05) is 38.9 Å². The number of amides is 4. The highest BCUT2D eigenvalue weighted by molar-refractivity contribution is 7.91. The Bertz CT molecular complexity index is 6600. The summed E-state index contributed by atoms with van der Waals surface area (Å²) in [7, 11) is -14.7. The van der Waals surface area contributed by atoms with Gasteiger partial charge >= 0.3 is 0 Å². The zero-order valence-corrected chi connectivity index (χ0v) is 80.3. The Hall–Kier alpha value is -8.85. The fourth-order valence-electron chi connectivity index (χ4n) is 14.0. The third-order valence-corrected chi connectivity index (χ3v) is 31.6. The quantitative estimate of drug-likeness (QED) is 0.0294. The maximum atomic E-state index is 13.1. The number of fused-ring (bicyclic) bond motifs is 4. The summed E-state index contributed by atoms with van der Waals surface area (Å²) in [6, 6.07) is 52.6. The number of sulfonamides is 4. The van der Waals surface area contributed by atoms with Gasteiger partial charge in [-0.25, -0.2) is 52.6 Å². The molecule has 0 saturated heterocycles. The van der Waals surface area contributed by atoms with E-state index in [2.05, 4.69) is 14.2 Å². The van der Waals surface area contributed by atoms with Crippen molar-refractivity contribution in [2.24, 2.45) is 0 Å². The number of ether oxygens (including phenoxy) is 4. The van der Waals surface area contributed by atoms with Gasteiger partial charge in [0, 0.05) is 49.3 Å². The summed E-state index contributed by atoms with van der Waals surface area (Å²) in [5, 5.41) is 6.73. The molecule has 4 heterocycles. The molecule has 660 valence electrons. The molecule has 4 amide bonds. The molecule has 1 aliphatic rings. The number of thiophene rings is 4. The smallest absolute Gasteiger partial charge is 0.275 e. The Balaban J connectivity index is 0.000000162. The van der Waals surface area contributed by atoms with Crippen LogP contribution < -0.4 is 37.8 Å². The van der Waals surface area contributed by atoms with Crippen molar-refractivity contribution >= 4 is 207 Å². The third kappa shape index (κ3) is 26.4. The molecule has 1 saturated carbocycles. The van der Waals surface area contributed by atoms with Gasteiger partial charge in [0.25, 0.3) is 23.6 Å². The van der Waals surface area contributed by atoms with Crippen LogP contribution in [0.15, 0.2) is 170 Å². The number of benzene rings is 9. The fourth-order valence-corrected chi connectivity index (χ4v) is 22.9. The van der Waals surface area contributed by atoms with Gasteiger partial charge < -0.3 is 18.9 Å². The molecule has 20 nitrogen and oxygen atoms in total. The van der Waals surface area contributed by atoms with Crippen LogP contribution in [0.5, 0.6) is 23.0 Å². The maximum Gasteiger partial charge on any atom is 0.275 e. The molecular formula is C92H93Cl5N4O16S8. The molecule has 4 aromatic heterocycles. The van der Waals surface area contributed by atoms with E-state index in [0.29, 0.717) is 121 Å². The lowest BCUT2D eigenvalue weighted by Crippen LogP contribution is -2.33. The zero-order chi connectivity index (χ0) is 90.4. The molecule has 0 spiro atoms. The molecule has 0 atom stereocenters. The standard InChI is InChI=1S/C27H26ClNO4S2.C23H24ClNO4S2.C21H21Cl2NO4S2.C21H22ClNO4S2/c1-18-15-21(16-19(2)25(18)28)33-14-8-12-23-22-11-6-7-13-24(22)34-26(23)27(30)29-35(31,32)17-20-9-4-3-5-10-20;1-14-12-16(13-15(2)21(14)24)29-11-5-7-19-18-6-3-4-8-20(18)30-22(19)23(26)25-31(27,28)17-9-10-17;1-12-10-14(11-13(2)19(12)23)28-9-5-6-15-18-16(22)7-4-8-17(18)29-20(15)21(25)24-30(3,26)27;1-13-11-15(12-14(2)19(13)22)27-10-6-8-17-16-7-4-5-9-18(16)28-20(17)21(24)23-29(3,25)26/h3-7,9-11,13,15-16H,8,12,14,17H2,1-2H3,(H,29,30);3-4,6,8,12-13,17H,5,7,9-11H2,1-2H3,(H,25,26);4,7-8,10-11H,5-6,9H2,1-3H3,(H,24,25);4-5,7,9,11-12H,6,8,10H2,1-3H3,(H,23,24). The highest BCUT2D eigenvalue weighted by Crippen LogP contribution is 2.41. The van der Waals surface area contributed by atoms with Crippen molar-refractivity contribution < 1.29 is 71.8 Å². The van der Waals surface area contributed by atoms with Crippen LogP contribution in [0.4, 0.5) is 0 Å². The summed E-state index contributed by atoms with van der Waals surface area (Å²) >= 11 is 36.4. The zero-order valence-electron chi connectivity index (χ0n) is 70.0. The van der Waals surface area contributed by atoms with Crippen LogP contribution in [0.2, 0.25) is 25.1 Å². The van der Waals surface area contributed by atoms with E-state index in [0.717, 1.165) is 163 Å². The van der Waals surface area contributed by atoms with Crippen molar-refractivity contribution in [3.8, 4) is 23.0 Å². The Labute approximate surface area is 770 Å². The second-order valence-electron chi connectivity index (χ2n) is 30.3. The Morgan fingerprint density at radius 2 is 0.632 bits per heavy atom. The molecule has 0 bridgehead atoms. The minimum Gasteiger partial charge on any atom is -0.494 e. The van der Waals surface area contributed by atoms with E-state index in [1.165, 1.54) is 45.3 Å². The molecule has 1 aliphatic carbocycles. The van der Waals surface area contributed by atoms with Gasteiger partial charge in [0.05, 0.1) is 69.5 Å². The van der Waals surface area contributed by atoms with Crippen molar-refractivity contribution in [1.82, 2.24) is 18.9 Å². The van der Waals surface area contributed by atoms with Gasteiger partial charge in [-0.2, -0.15) is 0 Å². The number of carbonyl (C=O) groups is 4. The van der Waals surface area contributed by atoms with Crippen LogP contribution in [-0.4, -0.2) is 101 Å². The minimum absolute atomic E-state index is 0.256. The lowest BCUT2D eigenvalue weighted by Gasteiger charge is -2.11. The Morgan fingerprint density at radius 1 is 0.352 bits per heavy atom. The predicted octanol–water partition coefficient (Wildman–Crippen LogP) is 22.2. The Kier molecular flexibility index (Phi) is 33.2. The highest BCUT2D eigenvalue weighted by Gasteiger charge is 2.38. The molecule has 33 heteroatoms. The van der Waals surface area contributed by atoms with Crippen molar-refractivity contribution in [1.29, 1.82) is 0 Å². The van der Waals surface area contributed by atoms with Crippen LogP contribution in [-0.2, 0) is 71.5 Å². The van der Waals surface area contributed by atoms with E-state index in [9.17, 15) is 52.8 Å². The first kappa shape index (κ1) is 96.8. The van der Waals surface area contributed by atoms with E-state index in [4.69, 9.17) is 77.0 Å². The van der Waals surface area contributed by atoms with E-state index in [1.807, 2.05) is 194 Å². The molecule has 125 heavy (non-hydrogen) atoms. The summed E-state index contributed by atoms with van der Waals surface area (Å²) in [6.45, 7) is 17.3. The maximum absolute atomic E-state index is 13.1. The van der Waals surface area contributed by atoms with Gasteiger partial charge in [0.15, 0.2) is 0 Å². The number of aryl methyl sites for hydroxylation is 12. The fraction of sp³-hybridized carbons (Fsp3) is 0.283. The Morgan fingerprint density at radius 3 is 0.960 bits per heavy atom. The van der Waals surface area contributed by atoms with Crippen molar-refractivity contribution in [2.45, 2.75) is 131 Å². The molecule has 14 rings (SSSR count). The number of hydrogen-bond acceptors (Lipinski definition) is 20. The first-order valence-corrected chi connectivity index (χ1v) is 51.8. The SMILES string of the molecule is Cc1cc(OCCCc2c(C(=O)NS(=O)(=O)C3CC3)sc3ccccc23)cc(C)c1Cl.Cc1cc(OCCCc2c(C(=O)NS(=O)(=O)Cc3ccccc3)sc3ccccc23)cc(C)c1Cl.Cc1cc(OCCCc2c(C(=O)NS(C)(=O)=O)sc3cccc(Cl)c23)cc(C)c1Cl.Cc1cc(OCCCc2c(C(=O)NS(C)(=O)=O)sc3ccccc23)cc(C)c1Cl. The van der Waals surface area contributed by atoms with E-state index in [-0.39, 0.29) is 5.75 Å². The molecule has 0 aliphatic heterocycles. The second-order valence-corrected chi connectivity index (χ2v) is 43.6. The lowest BCUT2D eigenvalue weighted by atomic mass is 10.1. The minimum atomic E-state index is -3.84. The van der Waals surface area contributed by atoms with E-state index < -0.39 is 69.0 Å². The highest BCUT2D eigenvalue weighted by atomic mass is 35.5.